The molecule has 0 bridgehead atoms. The van der Waals surface area contributed by atoms with Gasteiger partial charge in [0.25, 0.3) is 0 Å². The van der Waals surface area contributed by atoms with E-state index in [-0.39, 0.29) is 5.91 Å². The molecule has 5 heteroatoms. The monoisotopic (exact) mass is 379 g/mol. The molecule has 0 saturated heterocycles. The highest BCUT2D eigenvalue weighted by Gasteiger charge is 2.03. The van der Waals surface area contributed by atoms with Crippen molar-refractivity contribution >= 4 is 33.6 Å². The minimum atomic E-state index is 0.0431. The molecule has 0 saturated carbocycles. The lowest BCUT2D eigenvalue weighted by molar-refractivity contribution is -0.120. The molecule has 0 radical (unpaired) electrons. The van der Waals surface area contributed by atoms with Gasteiger partial charge in [-0.2, -0.15) is 0 Å². The van der Waals surface area contributed by atoms with Gasteiger partial charge in [-0.25, -0.2) is 0 Å². The van der Waals surface area contributed by atoms with Crippen LogP contribution in [-0.4, -0.2) is 25.3 Å². The lowest BCUT2D eigenvalue weighted by Crippen LogP contribution is -2.27. The third-order valence-electron chi connectivity index (χ3n) is 3.03. The Kier molecular flexibility index (Phi) is 6.80. The van der Waals surface area contributed by atoms with Crippen LogP contribution in [-0.2, 0) is 11.2 Å². The van der Waals surface area contributed by atoms with Gasteiger partial charge in [0.2, 0.25) is 5.91 Å². The lowest BCUT2D eigenvalue weighted by atomic mass is 10.1. The number of methoxy groups -OCH3 is 1. The Morgan fingerprint density at radius 2 is 1.82 bits per heavy atom. The van der Waals surface area contributed by atoms with Gasteiger partial charge >= 0.3 is 0 Å². The molecule has 0 aromatic heterocycles. The van der Waals surface area contributed by atoms with Crippen LogP contribution in [0.4, 0.5) is 0 Å². The van der Waals surface area contributed by atoms with Gasteiger partial charge in [0.15, 0.2) is 0 Å². The normalized spacial score (nSPS) is 10.3. The van der Waals surface area contributed by atoms with E-state index in [0.29, 0.717) is 13.0 Å². The molecule has 2 aromatic rings. The van der Waals surface area contributed by atoms with Crippen molar-refractivity contribution in [2.24, 2.45) is 0 Å². The SMILES string of the molecule is COc1ccc(CC(=O)NCCSc2ccc(Br)cc2)cc1. The standard InChI is InChI=1S/C17H18BrNO2S/c1-21-15-6-2-13(3-7-15)12-17(20)19-10-11-22-16-8-4-14(18)5-9-16/h2-9H,10-12H2,1H3,(H,19,20). The Morgan fingerprint density at radius 1 is 1.14 bits per heavy atom. The quantitative estimate of drug-likeness (QED) is 0.585. The number of carbonyl (C=O) groups is 1. The number of halogens is 1. The summed E-state index contributed by atoms with van der Waals surface area (Å²) >= 11 is 5.14. The summed E-state index contributed by atoms with van der Waals surface area (Å²) in [6.07, 6.45) is 0.396. The number of ether oxygens (including phenoxy) is 1. The molecule has 0 spiro atoms. The van der Waals surface area contributed by atoms with E-state index in [2.05, 4.69) is 33.4 Å². The zero-order valence-electron chi connectivity index (χ0n) is 12.3. The molecule has 0 unspecified atom stereocenters. The summed E-state index contributed by atoms with van der Waals surface area (Å²) in [5.74, 6) is 1.70. The average molecular weight is 380 g/mol. The third kappa shape index (κ3) is 5.73. The number of benzene rings is 2. The summed E-state index contributed by atoms with van der Waals surface area (Å²) in [5, 5.41) is 2.94. The van der Waals surface area contributed by atoms with Crippen molar-refractivity contribution in [3.63, 3.8) is 0 Å². The molecular weight excluding hydrogens is 362 g/mol. The van der Waals surface area contributed by atoms with Gasteiger partial charge in [-0.3, -0.25) is 4.79 Å². The van der Waals surface area contributed by atoms with E-state index in [1.54, 1.807) is 18.9 Å². The Bertz CT molecular complexity index is 599. The van der Waals surface area contributed by atoms with Crippen molar-refractivity contribution in [3.8, 4) is 5.75 Å². The Balaban J connectivity index is 1.67. The van der Waals surface area contributed by atoms with Gasteiger partial charge in [-0.05, 0) is 42.0 Å². The lowest BCUT2D eigenvalue weighted by Gasteiger charge is -2.06. The molecule has 0 heterocycles. The Hall–Kier alpha value is -1.46. The van der Waals surface area contributed by atoms with E-state index >= 15 is 0 Å². The summed E-state index contributed by atoms with van der Waals surface area (Å²) in [7, 11) is 1.63. The minimum absolute atomic E-state index is 0.0431. The molecule has 3 nitrogen and oxygen atoms in total. The van der Waals surface area contributed by atoms with Crippen molar-refractivity contribution in [1.29, 1.82) is 0 Å². The van der Waals surface area contributed by atoms with E-state index in [9.17, 15) is 4.79 Å². The van der Waals surface area contributed by atoms with Crippen LogP contribution >= 0.6 is 27.7 Å². The van der Waals surface area contributed by atoms with E-state index < -0.39 is 0 Å². The maximum absolute atomic E-state index is 11.9. The zero-order valence-corrected chi connectivity index (χ0v) is 14.7. The first kappa shape index (κ1) is 16.9. The molecule has 2 rings (SSSR count). The first-order valence-electron chi connectivity index (χ1n) is 6.95. The predicted molar refractivity (Wildman–Crippen MR) is 94.6 cm³/mol. The van der Waals surface area contributed by atoms with E-state index in [0.717, 1.165) is 21.5 Å². The summed E-state index contributed by atoms with van der Waals surface area (Å²) in [4.78, 5) is 13.1. The summed E-state index contributed by atoms with van der Waals surface area (Å²) in [6, 6.07) is 15.7. The predicted octanol–water partition coefficient (Wildman–Crippen LogP) is 3.91. The van der Waals surface area contributed by atoms with Gasteiger partial charge < -0.3 is 10.1 Å². The van der Waals surface area contributed by atoms with Crippen molar-refractivity contribution < 1.29 is 9.53 Å². The highest BCUT2D eigenvalue weighted by atomic mass is 79.9. The average Bonchev–Trinajstić information content (AvgIpc) is 2.54. The van der Waals surface area contributed by atoms with Crippen LogP contribution in [0.5, 0.6) is 5.75 Å². The summed E-state index contributed by atoms with van der Waals surface area (Å²) in [6.45, 7) is 0.662. The fourth-order valence-electron chi connectivity index (χ4n) is 1.88. The third-order valence-corrected chi connectivity index (χ3v) is 4.57. The molecule has 1 N–H and O–H groups in total. The topological polar surface area (TPSA) is 38.3 Å². The minimum Gasteiger partial charge on any atom is -0.497 e. The van der Waals surface area contributed by atoms with E-state index in [1.165, 1.54) is 4.90 Å². The zero-order chi connectivity index (χ0) is 15.8. The summed E-state index contributed by atoms with van der Waals surface area (Å²) in [5.41, 5.74) is 0.985. The maximum Gasteiger partial charge on any atom is 0.224 e. The molecule has 1 amide bonds. The second kappa shape index (κ2) is 8.86. The van der Waals surface area contributed by atoms with Gasteiger partial charge in [0.05, 0.1) is 13.5 Å². The Morgan fingerprint density at radius 3 is 2.45 bits per heavy atom. The number of carbonyl (C=O) groups excluding carboxylic acids is 1. The number of rotatable bonds is 7. The second-order valence-electron chi connectivity index (χ2n) is 4.68. The molecule has 116 valence electrons. The molecule has 0 aliphatic heterocycles. The first-order chi connectivity index (χ1) is 10.7. The number of nitrogens with one attached hydrogen (secondary N) is 1. The first-order valence-corrected chi connectivity index (χ1v) is 8.73. The molecule has 0 atom stereocenters. The van der Waals surface area contributed by atoms with Crippen molar-refractivity contribution in [2.45, 2.75) is 11.3 Å². The Labute approximate surface area is 143 Å². The van der Waals surface area contributed by atoms with Gasteiger partial charge in [0.1, 0.15) is 5.75 Å². The highest BCUT2D eigenvalue weighted by molar-refractivity contribution is 9.10. The van der Waals surface area contributed by atoms with Crippen molar-refractivity contribution in [1.82, 2.24) is 5.32 Å². The van der Waals surface area contributed by atoms with Crippen molar-refractivity contribution in [2.75, 3.05) is 19.4 Å². The van der Waals surface area contributed by atoms with Gasteiger partial charge in [-0.15, -0.1) is 11.8 Å². The van der Waals surface area contributed by atoms with Crippen LogP contribution in [0.2, 0.25) is 0 Å². The largest absolute Gasteiger partial charge is 0.497 e. The second-order valence-corrected chi connectivity index (χ2v) is 6.76. The van der Waals surface area contributed by atoms with Crippen LogP contribution in [0.1, 0.15) is 5.56 Å². The number of hydrogen-bond acceptors (Lipinski definition) is 3. The van der Waals surface area contributed by atoms with E-state index in [1.807, 2.05) is 36.4 Å². The van der Waals surface area contributed by atoms with Gasteiger partial charge in [0, 0.05) is 21.7 Å². The van der Waals surface area contributed by atoms with Crippen LogP contribution < -0.4 is 10.1 Å². The fourth-order valence-corrected chi connectivity index (χ4v) is 2.91. The number of thioether (sulfide) groups is 1. The fraction of sp³-hybridized carbons (Fsp3) is 0.235. The molecule has 22 heavy (non-hydrogen) atoms. The maximum atomic E-state index is 11.9. The number of amides is 1. The van der Waals surface area contributed by atoms with Gasteiger partial charge in [-0.1, -0.05) is 28.1 Å². The molecule has 0 aliphatic carbocycles. The molecule has 0 fully saturated rings. The van der Waals surface area contributed by atoms with E-state index in [4.69, 9.17) is 4.74 Å². The van der Waals surface area contributed by atoms with Crippen LogP contribution in [0, 0.1) is 0 Å². The number of hydrogen-bond donors (Lipinski definition) is 1. The molecule has 0 aliphatic rings. The van der Waals surface area contributed by atoms with Crippen LogP contribution in [0.3, 0.4) is 0 Å². The van der Waals surface area contributed by atoms with Crippen molar-refractivity contribution in [3.05, 3.63) is 58.6 Å². The highest BCUT2D eigenvalue weighted by Crippen LogP contribution is 2.20. The van der Waals surface area contributed by atoms with Crippen LogP contribution in [0.15, 0.2) is 57.9 Å². The molecule has 2 aromatic carbocycles. The van der Waals surface area contributed by atoms with Crippen LogP contribution in [0.25, 0.3) is 0 Å². The smallest absolute Gasteiger partial charge is 0.224 e. The summed E-state index contributed by atoms with van der Waals surface area (Å²) < 4.78 is 6.17. The molecular formula is C17H18BrNO2S.